The van der Waals surface area contributed by atoms with Crippen LogP contribution in [-0.2, 0) is 11.3 Å². The zero-order valence-corrected chi connectivity index (χ0v) is 8.62. The van der Waals surface area contributed by atoms with E-state index in [-0.39, 0.29) is 12.4 Å². The fraction of sp³-hybridized carbons (Fsp3) is 0.333. The van der Waals surface area contributed by atoms with Crippen LogP contribution in [0.25, 0.3) is 0 Å². The number of hydrogen-bond donors (Lipinski definition) is 1. The fourth-order valence-electron chi connectivity index (χ4n) is 0.909. The van der Waals surface area contributed by atoms with E-state index in [0.29, 0.717) is 22.9 Å². The van der Waals surface area contributed by atoms with Gasteiger partial charge in [0, 0.05) is 16.3 Å². The zero-order chi connectivity index (χ0) is 9.68. The summed E-state index contributed by atoms with van der Waals surface area (Å²) in [6.07, 6.45) is 0. The van der Waals surface area contributed by atoms with Crippen molar-refractivity contribution in [1.29, 1.82) is 0 Å². The number of halogens is 2. The molecule has 0 bridgehead atoms. The standard InChI is InChI=1S/C9H10ClFOS/c10-8-2-1-3-9(11)7(8)6-12-4-5-13/h1-3,13H,4-6H2. The number of rotatable bonds is 4. The molecule has 1 nitrogen and oxygen atoms in total. The van der Waals surface area contributed by atoms with Crippen LogP contribution in [-0.4, -0.2) is 12.4 Å². The molecule has 0 unspecified atom stereocenters. The van der Waals surface area contributed by atoms with Gasteiger partial charge in [-0.15, -0.1) is 0 Å². The first-order valence-electron chi connectivity index (χ1n) is 3.87. The van der Waals surface area contributed by atoms with E-state index in [4.69, 9.17) is 16.3 Å². The predicted octanol–water partition coefficient (Wildman–Crippen LogP) is 2.93. The van der Waals surface area contributed by atoms with E-state index in [1.807, 2.05) is 0 Å². The molecule has 13 heavy (non-hydrogen) atoms. The van der Waals surface area contributed by atoms with E-state index in [1.165, 1.54) is 6.07 Å². The molecule has 0 saturated heterocycles. The summed E-state index contributed by atoms with van der Waals surface area (Å²) < 4.78 is 18.2. The van der Waals surface area contributed by atoms with Crippen LogP contribution in [0, 0.1) is 5.82 Å². The fourth-order valence-corrected chi connectivity index (χ4v) is 1.26. The predicted molar refractivity (Wildman–Crippen MR) is 54.9 cm³/mol. The highest BCUT2D eigenvalue weighted by molar-refractivity contribution is 7.80. The Bertz CT molecular complexity index is 260. The summed E-state index contributed by atoms with van der Waals surface area (Å²) in [5.74, 6) is 0.290. The van der Waals surface area contributed by atoms with Crippen molar-refractivity contribution in [2.24, 2.45) is 0 Å². The van der Waals surface area contributed by atoms with Gasteiger partial charge in [-0.05, 0) is 12.1 Å². The SMILES string of the molecule is Fc1cccc(Cl)c1COCCS. The molecule has 4 heteroatoms. The van der Waals surface area contributed by atoms with Gasteiger partial charge in [0.05, 0.1) is 13.2 Å². The monoisotopic (exact) mass is 220 g/mol. The summed E-state index contributed by atoms with van der Waals surface area (Å²) in [5, 5.41) is 0.402. The third kappa shape index (κ3) is 3.18. The molecule has 0 spiro atoms. The first kappa shape index (κ1) is 10.8. The van der Waals surface area contributed by atoms with Gasteiger partial charge < -0.3 is 4.74 Å². The maximum absolute atomic E-state index is 13.1. The third-order valence-electron chi connectivity index (χ3n) is 1.54. The number of thiol groups is 1. The molecule has 1 aromatic carbocycles. The van der Waals surface area contributed by atoms with Crippen molar-refractivity contribution in [2.75, 3.05) is 12.4 Å². The lowest BCUT2D eigenvalue weighted by molar-refractivity contribution is 0.134. The van der Waals surface area contributed by atoms with Gasteiger partial charge in [0.1, 0.15) is 5.82 Å². The molecule has 0 heterocycles. The maximum Gasteiger partial charge on any atom is 0.130 e. The zero-order valence-electron chi connectivity index (χ0n) is 6.96. The van der Waals surface area contributed by atoms with Crippen molar-refractivity contribution in [3.05, 3.63) is 34.6 Å². The van der Waals surface area contributed by atoms with E-state index >= 15 is 0 Å². The number of ether oxygens (including phenoxy) is 1. The van der Waals surface area contributed by atoms with Gasteiger partial charge in [0.2, 0.25) is 0 Å². The Hall–Kier alpha value is -0.250. The summed E-state index contributed by atoms with van der Waals surface area (Å²) in [6.45, 7) is 0.694. The molecular formula is C9H10ClFOS. The molecule has 0 fully saturated rings. The van der Waals surface area contributed by atoms with Gasteiger partial charge in [0.25, 0.3) is 0 Å². The van der Waals surface area contributed by atoms with Crippen LogP contribution in [0.3, 0.4) is 0 Å². The van der Waals surface area contributed by atoms with Crippen LogP contribution in [0.4, 0.5) is 4.39 Å². The van der Waals surface area contributed by atoms with Crippen LogP contribution >= 0.6 is 24.2 Å². The summed E-state index contributed by atoms with van der Waals surface area (Å²) in [4.78, 5) is 0. The molecule has 1 aromatic rings. The highest BCUT2D eigenvalue weighted by atomic mass is 35.5. The van der Waals surface area contributed by atoms with Gasteiger partial charge in [-0.25, -0.2) is 4.39 Å². The lowest BCUT2D eigenvalue weighted by Crippen LogP contribution is -1.99. The van der Waals surface area contributed by atoms with Crippen LogP contribution in [0.2, 0.25) is 5.02 Å². The lowest BCUT2D eigenvalue weighted by Gasteiger charge is -2.05. The first-order chi connectivity index (χ1) is 6.25. The van der Waals surface area contributed by atoms with Crippen molar-refractivity contribution >= 4 is 24.2 Å². The van der Waals surface area contributed by atoms with Gasteiger partial charge in [0.15, 0.2) is 0 Å². The van der Waals surface area contributed by atoms with Crippen molar-refractivity contribution in [3.63, 3.8) is 0 Å². The molecule has 0 N–H and O–H groups in total. The van der Waals surface area contributed by atoms with Crippen molar-refractivity contribution in [3.8, 4) is 0 Å². The first-order valence-corrected chi connectivity index (χ1v) is 4.88. The van der Waals surface area contributed by atoms with E-state index in [1.54, 1.807) is 12.1 Å². The van der Waals surface area contributed by atoms with Gasteiger partial charge in [-0.1, -0.05) is 17.7 Å². The minimum absolute atomic E-state index is 0.200. The smallest absolute Gasteiger partial charge is 0.130 e. The quantitative estimate of drug-likeness (QED) is 0.607. The summed E-state index contributed by atoms with van der Waals surface area (Å²) in [6, 6.07) is 4.58. The third-order valence-corrected chi connectivity index (χ3v) is 2.08. The molecule has 0 aliphatic heterocycles. The number of hydrogen-bond acceptors (Lipinski definition) is 2. The van der Waals surface area contributed by atoms with Crippen LogP contribution in [0.5, 0.6) is 0 Å². The second-order valence-corrected chi connectivity index (χ2v) is 3.33. The molecule has 0 radical (unpaired) electrons. The molecule has 0 amide bonds. The van der Waals surface area contributed by atoms with Gasteiger partial charge in [-0.2, -0.15) is 12.6 Å². The Kier molecular flexibility index (Phi) is 4.56. The van der Waals surface area contributed by atoms with E-state index in [0.717, 1.165) is 0 Å². The molecule has 1 rings (SSSR count). The van der Waals surface area contributed by atoms with Crippen molar-refractivity contribution in [1.82, 2.24) is 0 Å². The Morgan fingerprint density at radius 3 is 2.85 bits per heavy atom. The normalized spacial score (nSPS) is 10.4. The average molecular weight is 221 g/mol. The van der Waals surface area contributed by atoms with Crippen molar-refractivity contribution < 1.29 is 9.13 Å². The minimum atomic E-state index is -0.327. The largest absolute Gasteiger partial charge is 0.376 e. The minimum Gasteiger partial charge on any atom is -0.376 e. The Labute approximate surface area is 87.3 Å². The Balaban J connectivity index is 2.64. The molecule has 0 aliphatic rings. The highest BCUT2D eigenvalue weighted by Crippen LogP contribution is 2.19. The summed E-state index contributed by atoms with van der Waals surface area (Å²) >= 11 is 9.74. The Morgan fingerprint density at radius 2 is 2.23 bits per heavy atom. The molecular weight excluding hydrogens is 211 g/mol. The summed E-state index contributed by atoms with van der Waals surface area (Å²) in [7, 11) is 0. The second-order valence-electron chi connectivity index (χ2n) is 2.48. The average Bonchev–Trinajstić information content (AvgIpc) is 2.10. The van der Waals surface area contributed by atoms with Gasteiger partial charge in [-0.3, -0.25) is 0 Å². The highest BCUT2D eigenvalue weighted by Gasteiger charge is 2.05. The van der Waals surface area contributed by atoms with Crippen LogP contribution in [0.1, 0.15) is 5.56 Å². The number of benzene rings is 1. The van der Waals surface area contributed by atoms with Gasteiger partial charge >= 0.3 is 0 Å². The molecule has 0 saturated carbocycles. The topological polar surface area (TPSA) is 9.23 Å². The lowest BCUT2D eigenvalue weighted by atomic mass is 10.2. The van der Waals surface area contributed by atoms with Crippen LogP contribution in [0.15, 0.2) is 18.2 Å². The van der Waals surface area contributed by atoms with E-state index in [2.05, 4.69) is 12.6 Å². The summed E-state index contributed by atoms with van der Waals surface area (Å²) in [5.41, 5.74) is 0.408. The molecule has 0 aromatic heterocycles. The molecule has 0 atom stereocenters. The van der Waals surface area contributed by atoms with Crippen LogP contribution < -0.4 is 0 Å². The molecule has 72 valence electrons. The Morgan fingerprint density at radius 1 is 1.46 bits per heavy atom. The van der Waals surface area contributed by atoms with E-state index < -0.39 is 0 Å². The maximum atomic E-state index is 13.1. The van der Waals surface area contributed by atoms with E-state index in [9.17, 15) is 4.39 Å². The molecule has 0 aliphatic carbocycles. The second kappa shape index (κ2) is 5.47. The van der Waals surface area contributed by atoms with Crippen molar-refractivity contribution in [2.45, 2.75) is 6.61 Å².